The molecule has 0 aliphatic rings. The molecule has 608 valence electrons. The Morgan fingerprint density at radius 1 is 0.349 bits per heavy atom. The molecule has 3 rings (SSSR count). The van der Waals surface area contributed by atoms with Gasteiger partial charge in [0.15, 0.2) is 7.37 Å². The van der Waals surface area contributed by atoms with Gasteiger partial charge in [0.05, 0.1) is 37.6 Å². The van der Waals surface area contributed by atoms with E-state index in [4.69, 9.17) is 54.0 Å². The van der Waals surface area contributed by atoms with Crippen LogP contribution in [0.1, 0.15) is 269 Å². The van der Waals surface area contributed by atoms with Crippen LogP contribution < -0.4 is 0 Å². The third-order valence-corrected chi connectivity index (χ3v) is 32.2. The Balaban J connectivity index is 0.000000795. The molecule has 0 spiro atoms. The zero-order valence-corrected chi connectivity index (χ0v) is 73.3. The van der Waals surface area contributed by atoms with Gasteiger partial charge >= 0.3 is 44.3 Å². The van der Waals surface area contributed by atoms with E-state index in [9.17, 15) is 33.4 Å². The van der Waals surface area contributed by atoms with Crippen LogP contribution in [0.3, 0.4) is 0 Å². The number of hydrogen-bond donors (Lipinski definition) is 1. The van der Waals surface area contributed by atoms with Crippen molar-refractivity contribution in [2.24, 2.45) is 29.6 Å². The topological polar surface area (TPSA) is 233 Å². The summed E-state index contributed by atoms with van der Waals surface area (Å²) < 4.78 is 85.9. The minimum Gasteiger partial charge on any atom is -0.465 e. The van der Waals surface area contributed by atoms with Gasteiger partial charge in [0.2, 0.25) is 0 Å². The van der Waals surface area contributed by atoms with Gasteiger partial charge in [0.25, 0.3) is 0 Å². The third-order valence-electron chi connectivity index (χ3n) is 19.7. The normalized spacial score (nSPS) is 15.9. The van der Waals surface area contributed by atoms with Crippen molar-refractivity contribution in [1.29, 1.82) is 0 Å². The van der Waals surface area contributed by atoms with Crippen molar-refractivity contribution in [3.05, 3.63) is 108 Å². The van der Waals surface area contributed by atoms with E-state index in [1.54, 1.807) is 20.8 Å². The summed E-state index contributed by atoms with van der Waals surface area (Å²) >= 11 is 0. The van der Waals surface area contributed by atoms with Crippen LogP contribution in [0.4, 0.5) is 0 Å². The Labute approximate surface area is 645 Å². The van der Waals surface area contributed by atoms with Crippen molar-refractivity contribution in [3.8, 4) is 0 Å². The Hall–Kier alpha value is -4.11. The molecule has 1 N–H and O–H groups in total. The number of hydrogen-bond acceptors (Lipinski definition) is 18. The first-order valence-electron chi connectivity index (χ1n) is 40.2. The van der Waals surface area contributed by atoms with Crippen molar-refractivity contribution in [2.45, 2.75) is 275 Å². The molecule has 0 saturated heterocycles. The van der Waals surface area contributed by atoms with E-state index in [2.05, 4.69) is 77.9 Å². The summed E-state index contributed by atoms with van der Waals surface area (Å²) in [6.07, 6.45) is 10.2. The second-order valence-electron chi connectivity index (χ2n) is 28.3. The number of ether oxygens (including phenoxy) is 3. The lowest BCUT2D eigenvalue weighted by Gasteiger charge is -2.38. The number of Topliss-reactive ketones (excluding diaryl/α,β-unsaturated/α-hetero) is 2. The Morgan fingerprint density at radius 3 is 0.755 bits per heavy atom. The summed E-state index contributed by atoms with van der Waals surface area (Å²) in [6, 6.07) is 30.6. The van der Waals surface area contributed by atoms with Crippen LogP contribution in [0, 0.1) is 29.6 Å². The second kappa shape index (κ2) is 56.2. The lowest BCUT2D eigenvalue weighted by molar-refractivity contribution is -0.150. The van der Waals surface area contributed by atoms with Crippen molar-refractivity contribution in [2.75, 3.05) is 85.9 Å². The molecule has 13 atom stereocenters. The zero-order valence-electron chi connectivity index (χ0n) is 69.4. The summed E-state index contributed by atoms with van der Waals surface area (Å²) in [7, 11) is -13.0. The quantitative estimate of drug-likeness (QED) is 0.0182. The van der Waals surface area contributed by atoms with Gasteiger partial charge in [-0.2, -0.15) is 0 Å². The number of esters is 3. The van der Waals surface area contributed by atoms with Crippen molar-refractivity contribution < 1.29 is 87.5 Å². The van der Waals surface area contributed by atoms with Gasteiger partial charge < -0.3 is 58.9 Å². The van der Waals surface area contributed by atoms with Gasteiger partial charge in [-0.1, -0.05) is 173 Å². The van der Waals surface area contributed by atoms with Crippen LogP contribution >= 0.6 is 7.37 Å². The molecule has 0 saturated carbocycles. The zero-order chi connectivity index (χ0) is 79.7. The largest absolute Gasteiger partial charge is 0.504 e. The van der Waals surface area contributed by atoms with Crippen molar-refractivity contribution >= 4 is 63.3 Å². The molecule has 0 fully saturated rings. The average molecular weight is 1560 g/mol. The fourth-order valence-electron chi connectivity index (χ4n) is 13.4. The number of unbranched alkanes of at least 4 members (excludes halogenated alkanes) is 3. The number of benzene rings is 3. The molecule has 23 heteroatoms. The lowest BCUT2D eigenvalue weighted by Crippen LogP contribution is -2.52. The van der Waals surface area contributed by atoms with Crippen LogP contribution in [0.2, 0.25) is 16.6 Å². The number of ketones is 2. The highest BCUT2D eigenvalue weighted by Gasteiger charge is 2.54. The predicted molar refractivity (Wildman–Crippen MR) is 432 cm³/mol. The van der Waals surface area contributed by atoms with Crippen LogP contribution in [0.15, 0.2) is 91.0 Å². The van der Waals surface area contributed by atoms with Gasteiger partial charge in [-0.25, -0.2) is 0 Å². The first-order valence-corrected chi connectivity index (χ1v) is 47.8. The second-order valence-corrected chi connectivity index (χ2v) is 39.8. The summed E-state index contributed by atoms with van der Waals surface area (Å²) in [6.45, 7) is 45.2. The standard InChI is InChI=1S/2C28H48O6Si.C27H49O7PSi/c2*1-8-12-18-31-28(30)26(19-23(6)25-16-14-13-15-17-25)21-27(20-22(5)24(7)29)35(32-9-2,33-10-3)34-11-4;1-8-12-18-31-27(28)25(19-22(5)24-16-14-13-15-17-24)21-26(20-23(6)35(7,29)30)36(32-9-2,33-10-3)34-11-4/h2*13-17,22-23,26-27H,8-12,18-21H2,1-7H3;13-17,22-23,25-26H,8-12,18-21H2,1-7H3,(H,29,30). The molecular weight excluding hydrogens is 1420 g/mol. The highest BCUT2D eigenvalue weighted by atomic mass is 31.2. The van der Waals surface area contributed by atoms with Crippen LogP contribution in [0.25, 0.3) is 0 Å². The highest BCUT2D eigenvalue weighted by molar-refractivity contribution is 7.57. The molecule has 0 amide bonds. The number of carbonyl (C=O) groups is 5. The van der Waals surface area contributed by atoms with Gasteiger partial charge in [-0.05, 0) is 188 Å². The van der Waals surface area contributed by atoms with Crippen LogP contribution in [-0.2, 0) is 82.6 Å². The maximum atomic E-state index is 13.4. The van der Waals surface area contributed by atoms with Crippen LogP contribution in [-0.4, -0.2) is 152 Å². The van der Waals surface area contributed by atoms with E-state index < -0.39 is 45.4 Å². The minimum atomic E-state index is -3.36. The van der Waals surface area contributed by atoms with E-state index >= 15 is 0 Å². The molecular formula is C83H145O19PSi3. The van der Waals surface area contributed by atoms with Gasteiger partial charge in [-0.15, -0.1) is 0 Å². The predicted octanol–water partition coefficient (Wildman–Crippen LogP) is 19.8. The first-order chi connectivity index (χ1) is 50.5. The van der Waals surface area contributed by atoms with Gasteiger partial charge in [0, 0.05) is 100 Å². The molecule has 0 radical (unpaired) electrons. The lowest BCUT2D eigenvalue weighted by atomic mass is 9.86. The summed E-state index contributed by atoms with van der Waals surface area (Å²) in [5.74, 6) is -1.39. The fourth-order valence-corrected chi connectivity index (χ4v) is 24.4. The molecule has 0 aromatic heterocycles. The third kappa shape index (κ3) is 36.8. The molecule has 0 aliphatic heterocycles. The molecule has 0 bridgehead atoms. The van der Waals surface area contributed by atoms with Gasteiger partial charge in [0.1, 0.15) is 11.6 Å². The maximum Gasteiger partial charge on any atom is 0.504 e. The minimum absolute atomic E-state index is 0.113. The van der Waals surface area contributed by atoms with E-state index in [-0.39, 0.29) is 87.5 Å². The van der Waals surface area contributed by atoms with Crippen molar-refractivity contribution in [3.63, 3.8) is 0 Å². The summed E-state index contributed by atoms with van der Waals surface area (Å²) in [5, 5.41) is 0. The van der Waals surface area contributed by atoms with Crippen molar-refractivity contribution in [1.82, 2.24) is 0 Å². The van der Waals surface area contributed by atoms with E-state index in [1.165, 1.54) is 17.8 Å². The first kappa shape index (κ1) is 99.9. The van der Waals surface area contributed by atoms with E-state index in [0.29, 0.717) is 137 Å². The van der Waals surface area contributed by atoms with Gasteiger partial charge in [-0.3, -0.25) is 28.5 Å². The molecule has 106 heavy (non-hydrogen) atoms. The summed E-state index contributed by atoms with van der Waals surface area (Å²) in [5.41, 5.74) is 2.36. The number of rotatable bonds is 57. The highest BCUT2D eigenvalue weighted by Crippen LogP contribution is 2.50. The van der Waals surface area contributed by atoms with Crippen LogP contribution in [0.5, 0.6) is 0 Å². The molecule has 3 aromatic rings. The average Bonchev–Trinajstić information content (AvgIpc) is 0.817. The molecule has 19 nitrogen and oxygen atoms in total. The summed E-state index contributed by atoms with van der Waals surface area (Å²) in [4.78, 5) is 74.9. The molecule has 0 aliphatic carbocycles. The number of carbonyl (C=O) groups excluding carboxylic acids is 5. The van der Waals surface area contributed by atoms with E-state index in [1.807, 2.05) is 131 Å². The Kier molecular flexibility index (Phi) is 52.9. The smallest absolute Gasteiger partial charge is 0.465 e. The maximum absolute atomic E-state index is 13.4. The van der Waals surface area contributed by atoms with E-state index in [0.717, 1.165) is 44.1 Å². The molecule has 3 aromatic carbocycles. The monoisotopic (exact) mass is 1560 g/mol. The fraction of sp³-hybridized carbons (Fsp3) is 0.723. The SMILES string of the molecule is CCCCOC(=O)C(CC(C)c1ccccc1)CC(CC(C)C(C)=O)[Si](OCC)(OCC)OCC.CCCCOC(=O)C(CC(C)c1ccccc1)CC(CC(C)C(C)=O)[Si](OCC)(OCC)OCC.CCCCOC(=O)C(CC(C)c1ccccc1)CC(CC(C)P(C)(=O)O)[Si](OCC)(OCC)OCC. The Bertz CT molecular complexity index is 2660. The Morgan fingerprint density at radius 2 is 0.566 bits per heavy atom. The molecule has 13 unspecified atom stereocenters. The molecule has 0 heterocycles.